The standard InChI is InChI=1S/C25H28N6O9S2.Na/c1-3-29-9-10-30(19(34)18(29)33)24(39)27-15(13-7-5-4-6-8-13)17(32)28-25(41-2)21(37)31-16(20(35)36)14(11-40-23(26)38)12-42-22(25)31;/h4-8,15,22H,3,9-12H2,1-2H3,(H2,26,38)(H,27,39)(H,28,32)(H,35,36);/q;+1/p-1/t15?,22-,25-;/m0./s1. The largest absolute Gasteiger partial charge is 1.00 e. The average Bonchev–Trinajstić information content (AvgIpc) is 2.98. The van der Waals surface area contributed by atoms with Crippen LogP contribution in [0.2, 0.25) is 0 Å². The third-order valence-corrected chi connectivity index (χ3v) is 9.61. The molecule has 18 heteroatoms. The minimum atomic E-state index is -1.67. The van der Waals surface area contributed by atoms with Crippen LogP contribution in [0, 0.1) is 0 Å². The van der Waals surface area contributed by atoms with Crippen molar-refractivity contribution in [1.82, 2.24) is 25.3 Å². The van der Waals surface area contributed by atoms with Gasteiger partial charge in [-0.25, -0.2) is 9.59 Å². The van der Waals surface area contributed by atoms with E-state index in [-0.39, 0.29) is 54.0 Å². The molecule has 0 aromatic heterocycles. The molecule has 3 atom stereocenters. The van der Waals surface area contributed by atoms with Crippen molar-refractivity contribution in [1.29, 1.82) is 0 Å². The summed E-state index contributed by atoms with van der Waals surface area (Å²) in [5.74, 6) is -5.10. The zero-order chi connectivity index (χ0) is 30.8. The molecule has 0 saturated carbocycles. The number of nitrogens with zero attached hydrogens (tertiary/aromatic N) is 3. The average molecular weight is 643 g/mol. The molecule has 1 unspecified atom stereocenters. The summed E-state index contributed by atoms with van der Waals surface area (Å²) in [5, 5.41) is 16.3. The Bertz CT molecular complexity index is 1380. The third-order valence-electron chi connectivity index (χ3n) is 6.92. The molecule has 2 saturated heterocycles. The number of amides is 7. The fourth-order valence-corrected chi connectivity index (χ4v) is 7.37. The van der Waals surface area contributed by atoms with E-state index in [2.05, 4.69) is 10.6 Å². The molecule has 43 heavy (non-hydrogen) atoms. The molecule has 0 radical (unpaired) electrons. The molecule has 0 aliphatic carbocycles. The number of fused-ring (bicyclic) bond motifs is 1. The zero-order valence-corrected chi connectivity index (χ0v) is 27.1. The number of ether oxygens (including phenoxy) is 1. The minimum Gasteiger partial charge on any atom is -0.543 e. The number of piperazine rings is 1. The summed E-state index contributed by atoms with van der Waals surface area (Å²) >= 11 is 2.09. The van der Waals surface area contributed by atoms with Crippen LogP contribution in [0.15, 0.2) is 41.6 Å². The summed E-state index contributed by atoms with van der Waals surface area (Å²) in [5.41, 5.74) is 4.93. The molecule has 0 bridgehead atoms. The van der Waals surface area contributed by atoms with Gasteiger partial charge in [0.25, 0.3) is 5.91 Å². The van der Waals surface area contributed by atoms with Gasteiger partial charge >= 0.3 is 53.5 Å². The van der Waals surface area contributed by atoms with Gasteiger partial charge in [-0.1, -0.05) is 30.3 Å². The number of carboxylic acid groups (broad SMARTS) is 1. The van der Waals surface area contributed by atoms with E-state index in [4.69, 9.17) is 10.5 Å². The maximum absolute atomic E-state index is 13.7. The van der Waals surface area contributed by atoms with Crippen LogP contribution in [0.5, 0.6) is 0 Å². The van der Waals surface area contributed by atoms with Crippen LogP contribution < -0.4 is 51.0 Å². The first-order valence-corrected chi connectivity index (χ1v) is 14.9. The van der Waals surface area contributed by atoms with Gasteiger partial charge in [-0.05, 0) is 18.7 Å². The van der Waals surface area contributed by atoms with E-state index < -0.39 is 70.3 Å². The smallest absolute Gasteiger partial charge is 0.543 e. The molecule has 4 rings (SSSR count). The van der Waals surface area contributed by atoms with Crippen LogP contribution in [-0.4, -0.2) is 105 Å². The number of nitrogens with two attached hydrogens (primary N) is 1. The number of urea groups is 1. The minimum absolute atomic E-state index is 0. The quantitative estimate of drug-likeness (QED) is 0.101. The van der Waals surface area contributed by atoms with E-state index >= 15 is 0 Å². The van der Waals surface area contributed by atoms with Crippen LogP contribution in [0.3, 0.4) is 0 Å². The Hall–Kier alpha value is -3.25. The van der Waals surface area contributed by atoms with E-state index in [1.807, 2.05) is 0 Å². The van der Waals surface area contributed by atoms with E-state index in [0.29, 0.717) is 12.1 Å². The zero-order valence-electron chi connectivity index (χ0n) is 23.5. The first-order chi connectivity index (χ1) is 20.0. The summed E-state index contributed by atoms with van der Waals surface area (Å²) in [7, 11) is 0. The summed E-state index contributed by atoms with van der Waals surface area (Å²) in [6.45, 7) is 1.60. The maximum Gasteiger partial charge on any atom is 1.00 e. The number of β-lactam (4-membered cyclic amide) rings is 1. The van der Waals surface area contributed by atoms with Crippen LogP contribution in [-0.2, 0) is 28.7 Å². The maximum atomic E-state index is 13.7. The van der Waals surface area contributed by atoms with Gasteiger partial charge in [0, 0.05) is 31.0 Å². The first kappa shape index (κ1) is 34.2. The Balaban J connectivity index is 0.00000506. The number of carboxylic acids is 1. The monoisotopic (exact) mass is 642 g/mol. The van der Waals surface area contributed by atoms with Gasteiger partial charge in [-0.3, -0.25) is 29.0 Å². The number of nitrogens with one attached hydrogen (secondary N) is 2. The SMILES string of the molecule is CCN1CCN(C(=O)NC(C(=O)N[C@]2(SC)C(=O)N3C(C(=O)[O-])=C(COC(N)=O)CS[C@H]32)c2ccccc2)C(=O)C1=O.[Na+]. The molecule has 7 amide bonds. The van der Waals surface area contributed by atoms with E-state index in [1.165, 1.54) is 4.90 Å². The number of thioether (sulfide) groups is 2. The molecule has 2 fully saturated rings. The molecular formula is C25H27N6NaO9S2. The molecule has 1 aromatic rings. The summed E-state index contributed by atoms with van der Waals surface area (Å²) < 4.78 is 4.71. The number of carbonyl (C=O) groups excluding carboxylic acids is 7. The van der Waals surface area contributed by atoms with Gasteiger partial charge in [0.05, 0.1) is 11.7 Å². The Morgan fingerprint density at radius 1 is 1.16 bits per heavy atom. The predicted molar refractivity (Wildman–Crippen MR) is 147 cm³/mol. The summed E-state index contributed by atoms with van der Waals surface area (Å²) in [6.07, 6.45) is 0.429. The number of rotatable bonds is 9. The van der Waals surface area contributed by atoms with Gasteiger partial charge < -0.3 is 35.9 Å². The van der Waals surface area contributed by atoms with Crippen LogP contribution in [0.4, 0.5) is 9.59 Å². The van der Waals surface area contributed by atoms with Crippen LogP contribution in [0.1, 0.15) is 18.5 Å². The fraction of sp³-hybridized carbons (Fsp3) is 0.400. The number of benzene rings is 1. The van der Waals surface area contributed by atoms with Crippen molar-refractivity contribution in [2.45, 2.75) is 23.2 Å². The van der Waals surface area contributed by atoms with Gasteiger partial charge in [0.15, 0.2) is 4.87 Å². The molecule has 3 aliphatic heterocycles. The van der Waals surface area contributed by atoms with Crippen molar-refractivity contribution in [3.8, 4) is 0 Å². The number of imide groups is 1. The normalized spacial score (nSPS) is 22.1. The molecular weight excluding hydrogens is 615 g/mol. The number of hydrogen-bond donors (Lipinski definition) is 3. The van der Waals surface area contributed by atoms with Crippen LogP contribution >= 0.6 is 23.5 Å². The number of primary amides is 1. The van der Waals surface area contributed by atoms with E-state index in [0.717, 1.165) is 33.3 Å². The van der Waals surface area contributed by atoms with Crippen molar-refractivity contribution in [2.75, 3.05) is 38.2 Å². The van der Waals surface area contributed by atoms with Crippen molar-refractivity contribution >= 4 is 65.2 Å². The first-order valence-electron chi connectivity index (χ1n) is 12.6. The second-order valence-corrected chi connectivity index (χ2v) is 11.4. The number of aliphatic carboxylic acids is 1. The Morgan fingerprint density at radius 3 is 2.42 bits per heavy atom. The number of carbonyl (C=O) groups is 7. The fourth-order valence-electron chi connectivity index (χ4n) is 4.77. The van der Waals surface area contributed by atoms with Gasteiger partial charge in [-0.2, -0.15) is 0 Å². The Kier molecular flexibility index (Phi) is 11.2. The predicted octanol–water partition coefficient (Wildman–Crippen LogP) is -4.68. The summed E-state index contributed by atoms with van der Waals surface area (Å²) in [4.78, 5) is 89.6. The number of hydrogen-bond acceptors (Lipinski definition) is 11. The third kappa shape index (κ3) is 6.50. The summed E-state index contributed by atoms with van der Waals surface area (Å²) in [6, 6.07) is 5.70. The van der Waals surface area contributed by atoms with Crippen molar-refractivity contribution < 1.29 is 73.0 Å². The van der Waals surface area contributed by atoms with Crippen molar-refractivity contribution in [3.63, 3.8) is 0 Å². The second kappa shape index (κ2) is 14.0. The second-order valence-electron chi connectivity index (χ2n) is 9.25. The molecule has 3 aliphatic rings. The molecule has 1 aromatic carbocycles. The molecule has 224 valence electrons. The van der Waals surface area contributed by atoms with Gasteiger partial charge in [-0.15, -0.1) is 23.5 Å². The number of likely N-dealkylation sites (N-methyl/N-ethyl adjacent to an activating group) is 1. The Labute approximate surface area is 276 Å². The molecule has 4 N–H and O–H groups in total. The van der Waals surface area contributed by atoms with Crippen molar-refractivity contribution in [3.05, 3.63) is 47.2 Å². The van der Waals surface area contributed by atoms with Gasteiger partial charge in [0.1, 0.15) is 18.0 Å². The van der Waals surface area contributed by atoms with Crippen molar-refractivity contribution in [2.24, 2.45) is 5.73 Å². The van der Waals surface area contributed by atoms with Gasteiger partial charge in [0.2, 0.25) is 5.91 Å². The molecule has 3 heterocycles. The van der Waals surface area contributed by atoms with E-state index in [9.17, 15) is 38.7 Å². The van der Waals surface area contributed by atoms with Crippen LogP contribution in [0.25, 0.3) is 0 Å². The molecule has 15 nitrogen and oxygen atoms in total. The molecule has 0 spiro atoms. The topological polar surface area (TPSA) is 212 Å². The van der Waals surface area contributed by atoms with E-state index in [1.54, 1.807) is 43.5 Å². The Morgan fingerprint density at radius 2 is 1.84 bits per heavy atom.